The quantitative estimate of drug-likeness (QED) is 0.513. The lowest BCUT2D eigenvalue weighted by molar-refractivity contribution is 0.622. The predicted octanol–water partition coefficient (Wildman–Crippen LogP) is 3.33. The molecule has 0 aliphatic heterocycles. The summed E-state index contributed by atoms with van der Waals surface area (Å²) in [6, 6.07) is 0. The average molecular weight is 208 g/mol. The van der Waals surface area contributed by atoms with Crippen molar-refractivity contribution in [1.82, 2.24) is 0 Å². The molecule has 4 heteroatoms. The highest BCUT2D eigenvalue weighted by Crippen LogP contribution is 2.34. The van der Waals surface area contributed by atoms with Crippen LogP contribution in [0.3, 0.4) is 0 Å². The molecule has 0 saturated carbocycles. The molecule has 0 heterocycles. The standard InChI is InChI=1S/C8H8Cl2FN/c1-3-5(9)6(10)4(2)8(12)7(3)11/h12H2,1-2H3. The summed E-state index contributed by atoms with van der Waals surface area (Å²) >= 11 is 11.5. The maximum atomic E-state index is 13.2. The summed E-state index contributed by atoms with van der Waals surface area (Å²) < 4.78 is 13.2. The normalized spacial score (nSPS) is 10.4. The van der Waals surface area contributed by atoms with Crippen molar-refractivity contribution in [3.63, 3.8) is 0 Å². The minimum absolute atomic E-state index is 0.0712. The van der Waals surface area contributed by atoms with Gasteiger partial charge in [-0.25, -0.2) is 4.39 Å². The fourth-order valence-corrected chi connectivity index (χ4v) is 1.38. The number of anilines is 1. The molecular weight excluding hydrogens is 200 g/mol. The molecule has 0 amide bonds. The van der Waals surface area contributed by atoms with Crippen molar-refractivity contribution >= 4 is 28.9 Å². The predicted molar refractivity (Wildman–Crippen MR) is 50.3 cm³/mol. The fraction of sp³-hybridized carbons (Fsp3) is 0.250. The van der Waals surface area contributed by atoms with E-state index in [0.717, 1.165) is 0 Å². The first kappa shape index (κ1) is 9.62. The van der Waals surface area contributed by atoms with Crippen molar-refractivity contribution < 1.29 is 4.39 Å². The molecule has 12 heavy (non-hydrogen) atoms. The zero-order valence-corrected chi connectivity index (χ0v) is 8.22. The van der Waals surface area contributed by atoms with Gasteiger partial charge in [-0.05, 0) is 19.4 Å². The zero-order valence-electron chi connectivity index (χ0n) is 6.71. The van der Waals surface area contributed by atoms with Gasteiger partial charge in [-0.1, -0.05) is 23.2 Å². The van der Waals surface area contributed by atoms with E-state index in [1.807, 2.05) is 0 Å². The Morgan fingerprint density at radius 1 is 1.08 bits per heavy atom. The van der Waals surface area contributed by atoms with E-state index in [9.17, 15) is 4.39 Å². The van der Waals surface area contributed by atoms with Gasteiger partial charge in [0.05, 0.1) is 15.7 Å². The number of rotatable bonds is 0. The van der Waals surface area contributed by atoms with Gasteiger partial charge in [0.2, 0.25) is 0 Å². The molecule has 66 valence electrons. The molecule has 1 aromatic rings. The van der Waals surface area contributed by atoms with Gasteiger partial charge in [-0.3, -0.25) is 0 Å². The minimum atomic E-state index is -0.484. The molecule has 0 spiro atoms. The molecule has 0 unspecified atom stereocenters. The fourth-order valence-electron chi connectivity index (χ4n) is 0.910. The lowest BCUT2D eigenvalue weighted by Crippen LogP contribution is -1.98. The van der Waals surface area contributed by atoms with E-state index in [4.69, 9.17) is 28.9 Å². The van der Waals surface area contributed by atoms with Gasteiger partial charge in [0.15, 0.2) is 5.82 Å². The molecule has 0 atom stereocenters. The van der Waals surface area contributed by atoms with Crippen LogP contribution in [-0.4, -0.2) is 0 Å². The van der Waals surface area contributed by atoms with Crippen molar-refractivity contribution in [3.05, 3.63) is 27.0 Å². The van der Waals surface area contributed by atoms with E-state index in [2.05, 4.69) is 0 Å². The van der Waals surface area contributed by atoms with Crippen LogP contribution in [0.1, 0.15) is 11.1 Å². The topological polar surface area (TPSA) is 26.0 Å². The zero-order chi connectivity index (χ0) is 9.46. The smallest absolute Gasteiger partial charge is 0.150 e. The van der Waals surface area contributed by atoms with E-state index in [1.54, 1.807) is 13.8 Å². The maximum Gasteiger partial charge on any atom is 0.150 e. The van der Waals surface area contributed by atoms with E-state index >= 15 is 0 Å². The average Bonchev–Trinajstić information content (AvgIpc) is 2.08. The summed E-state index contributed by atoms with van der Waals surface area (Å²) in [5.41, 5.74) is 6.29. The van der Waals surface area contributed by atoms with Crippen LogP contribution >= 0.6 is 23.2 Å². The molecule has 1 nitrogen and oxygen atoms in total. The van der Waals surface area contributed by atoms with Gasteiger partial charge in [0, 0.05) is 5.56 Å². The van der Waals surface area contributed by atoms with Crippen LogP contribution in [0.2, 0.25) is 10.0 Å². The second-order valence-corrected chi connectivity index (χ2v) is 3.36. The molecule has 0 saturated heterocycles. The number of nitrogens with two attached hydrogens (primary N) is 1. The van der Waals surface area contributed by atoms with Crippen molar-refractivity contribution in [1.29, 1.82) is 0 Å². The van der Waals surface area contributed by atoms with E-state index in [-0.39, 0.29) is 10.7 Å². The Hall–Kier alpha value is -0.470. The van der Waals surface area contributed by atoms with Crippen LogP contribution in [0, 0.1) is 19.7 Å². The van der Waals surface area contributed by atoms with Gasteiger partial charge in [0.1, 0.15) is 0 Å². The van der Waals surface area contributed by atoms with Gasteiger partial charge >= 0.3 is 0 Å². The minimum Gasteiger partial charge on any atom is -0.396 e. The Morgan fingerprint density at radius 3 is 2.00 bits per heavy atom. The molecule has 0 fully saturated rings. The third kappa shape index (κ3) is 1.25. The van der Waals surface area contributed by atoms with Gasteiger partial charge < -0.3 is 5.73 Å². The van der Waals surface area contributed by atoms with Gasteiger partial charge in [-0.15, -0.1) is 0 Å². The maximum absolute atomic E-state index is 13.2. The van der Waals surface area contributed by atoms with Gasteiger partial charge in [-0.2, -0.15) is 0 Å². The van der Waals surface area contributed by atoms with Crippen molar-refractivity contribution in [3.8, 4) is 0 Å². The lowest BCUT2D eigenvalue weighted by Gasteiger charge is -2.09. The van der Waals surface area contributed by atoms with Crippen LogP contribution in [0.25, 0.3) is 0 Å². The van der Waals surface area contributed by atoms with Crippen LogP contribution < -0.4 is 5.73 Å². The summed E-state index contributed by atoms with van der Waals surface area (Å²) in [7, 11) is 0. The van der Waals surface area contributed by atoms with Crippen LogP contribution in [0.15, 0.2) is 0 Å². The first-order chi connectivity index (χ1) is 5.46. The first-order valence-corrected chi connectivity index (χ1v) is 4.11. The Kier molecular flexibility index (Phi) is 2.49. The van der Waals surface area contributed by atoms with E-state index in [0.29, 0.717) is 16.1 Å². The molecule has 1 rings (SSSR count). The molecule has 2 N–H and O–H groups in total. The number of nitrogen functional groups attached to an aromatic ring is 1. The molecule has 0 radical (unpaired) electrons. The van der Waals surface area contributed by atoms with Crippen molar-refractivity contribution in [2.45, 2.75) is 13.8 Å². The van der Waals surface area contributed by atoms with E-state index in [1.165, 1.54) is 0 Å². The van der Waals surface area contributed by atoms with Crippen molar-refractivity contribution in [2.24, 2.45) is 0 Å². The molecule has 0 aliphatic carbocycles. The number of benzene rings is 1. The molecular formula is C8H8Cl2FN. The third-order valence-corrected chi connectivity index (χ3v) is 2.86. The third-order valence-electron chi connectivity index (χ3n) is 1.82. The summed E-state index contributed by atoms with van der Waals surface area (Å²) in [6.07, 6.45) is 0. The summed E-state index contributed by atoms with van der Waals surface area (Å²) in [5, 5.41) is 0.564. The summed E-state index contributed by atoms with van der Waals surface area (Å²) in [4.78, 5) is 0. The lowest BCUT2D eigenvalue weighted by atomic mass is 10.1. The highest BCUT2D eigenvalue weighted by atomic mass is 35.5. The second-order valence-electron chi connectivity index (χ2n) is 2.61. The summed E-state index contributed by atoms with van der Waals surface area (Å²) in [5.74, 6) is -0.484. The second kappa shape index (κ2) is 3.11. The van der Waals surface area contributed by atoms with Crippen LogP contribution in [-0.2, 0) is 0 Å². The monoisotopic (exact) mass is 207 g/mol. The van der Waals surface area contributed by atoms with Crippen LogP contribution in [0.5, 0.6) is 0 Å². The SMILES string of the molecule is Cc1c(N)c(F)c(C)c(Cl)c1Cl. The Balaban J connectivity index is 3.60. The summed E-state index contributed by atoms with van der Waals surface area (Å²) in [6.45, 7) is 3.17. The highest BCUT2D eigenvalue weighted by molar-refractivity contribution is 6.43. The molecule has 0 aliphatic rings. The molecule has 0 bridgehead atoms. The Labute approximate surface area is 80.3 Å². The molecule has 0 aromatic heterocycles. The Bertz CT molecular complexity index is 231. The van der Waals surface area contributed by atoms with Crippen molar-refractivity contribution in [2.75, 3.05) is 5.73 Å². The Morgan fingerprint density at radius 2 is 1.50 bits per heavy atom. The van der Waals surface area contributed by atoms with Crippen LogP contribution in [0.4, 0.5) is 10.1 Å². The number of hydrogen-bond donors (Lipinski definition) is 1. The number of halogens is 3. The van der Waals surface area contributed by atoms with E-state index < -0.39 is 5.82 Å². The molecule has 1 aromatic carbocycles. The van der Waals surface area contributed by atoms with Gasteiger partial charge in [0.25, 0.3) is 0 Å². The highest BCUT2D eigenvalue weighted by Gasteiger charge is 2.14. The number of hydrogen-bond acceptors (Lipinski definition) is 1. The first-order valence-electron chi connectivity index (χ1n) is 3.36. The largest absolute Gasteiger partial charge is 0.396 e.